The largest absolute Gasteiger partial charge is 0.491 e. The Morgan fingerprint density at radius 1 is 1.17 bits per heavy atom. The van der Waals surface area contributed by atoms with Crippen LogP contribution in [-0.2, 0) is 9.59 Å². The van der Waals surface area contributed by atoms with E-state index in [1.807, 2.05) is 44.2 Å². The molecule has 1 aliphatic heterocycles. The van der Waals surface area contributed by atoms with E-state index in [9.17, 15) is 14.7 Å². The Morgan fingerprint density at radius 3 is 2.38 bits per heavy atom. The maximum absolute atomic E-state index is 12.4. The maximum atomic E-state index is 12.4. The number of β-amino-alcohol motifs (C(OH)–C–C–N with tert-alkyl or cyclic N) is 1. The van der Waals surface area contributed by atoms with Gasteiger partial charge in [0.05, 0.1) is 18.4 Å². The van der Waals surface area contributed by atoms with E-state index < -0.39 is 6.10 Å². The number of ether oxygens (including phenoxy) is 1. The molecule has 1 aromatic carbocycles. The van der Waals surface area contributed by atoms with Crippen molar-refractivity contribution in [3.63, 3.8) is 0 Å². The highest BCUT2D eigenvalue weighted by molar-refractivity contribution is 6.05. The van der Waals surface area contributed by atoms with Crippen molar-refractivity contribution in [2.75, 3.05) is 13.2 Å². The van der Waals surface area contributed by atoms with Crippen LogP contribution < -0.4 is 4.74 Å². The van der Waals surface area contributed by atoms with Crippen LogP contribution in [0.2, 0.25) is 0 Å². The highest BCUT2D eigenvalue weighted by atomic mass is 16.5. The summed E-state index contributed by atoms with van der Waals surface area (Å²) in [5.41, 5.74) is 2.14. The number of carbonyl (C=O) groups excluding carboxylic acids is 2. The summed E-state index contributed by atoms with van der Waals surface area (Å²) >= 11 is 0. The van der Waals surface area contributed by atoms with Crippen LogP contribution in [0.1, 0.15) is 24.0 Å². The van der Waals surface area contributed by atoms with E-state index in [0.29, 0.717) is 18.6 Å². The number of likely N-dealkylation sites (tertiary alicyclic amines) is 1. The van der Waals surface area contributed by atoms with Gasteiger partial charge in [-0.15, -0.1) is 0 Å². The summed E-state index contributed by atoms with van der Waals surface area (Å²) in [4.78, 5) is 25.9. The quantitative estimate of drug-likeness (QED) is 0.663. The summed E-state index contributed by atoms with van der Waals surface area (Å²) in [5, 5.41) is 10.2. The predicted octanol–water partition coefficient (Wildman–Crippen LogP) is 1.99. The molecule has 0 bridgehead atoms. The highest BCUT2D eigenvalue weighted by Gasteiger charge is 2.47. The van der Waals surface area contributed by atoms with E-state index in [4.69, 9.17) is 4.74 Å². The lowest BCUT2D eigenvalue weighted by atomic mass is 9.85. The van der Waals surface area contributed by atoms with Crippen molar-refractivity contribution in [2.24, 2.45) is 11.8 Å². The van der Waals surface area contributed by atoms with Crippen LogP contribution in [0.5, 0.6) is 5.75 Å². The molecular formula is C19H23NO4. The third kappa shape index (κ3) is 3.22. The number of aryl methyl sites for hydroxylation is 2. The lowest BCUT2D eigenvalue weighted by molar-refractivity contribution is -0.141. The summed E-state index contributed by atoms with van der Waals surface area (Å²) < 4.78 is 5.64. The molecule has 0 radical (unpaired) electrons. The lowest BCUT2D eigenvalue weighted by Crippen LogP contribution is -2.40. The van der Waals surface area contributed by atoms with Gasteiger partial charge in [-0.3, -0.25) is 14.5 Å². The molecule has 1 saturated heterocycles. The SMILES string of the molecule is Cc1ccc(OC[C@H](O)CN2C(=O)[C@H]3CC=CC[C@@H]3C2=O)c(C)c1. The molecule has 128 valence electrons. The number of fused-ring (bicyclic) bond motifs is 1. The number of hydrogen-bond acceptors (Lipinski definition) is 4. The standard InChI is InChI=1S/C19H23NO4/c1-12-7-8-17(13(2)9-12)24-11-14(21)10-20-18(22)15-5-3-4-6-16(15)19(20)23/h3-4,7-9,14-16,21H,5-6,10-11H2,1-2H3/t14-,15+,16+/m1/s1. The smallest absolute Gasteiger partial charge is 0.233 e. The van der Waals surface area contributed by atoms with Crippen LogP contribution in [0.15, 0.2) is 30.4 Å². The molecule has 2 aliphatic rings. The van der Waals surface area contributed by atoms with Crippen molar-refractivity contribution in [3.05, 3.63) is 41.5 Å². The van der Waals surface area contributed by atoms with Gasteiger partial charge in [0.25, 0.3) is 0 Å². The Bertz CT molecular complexity index is 656. The maximum Gasteiger partial charge on any atom is 0.233 e. The van der Waals surface area contributed by atoms with Crippen molar-refractivity contribution < 1.29 is 19.4 Å². The number of benzene rings is 1. The first-order chi connectivity index (χ1) is 11.5. The average molecular weight is 329 g/mol. The topological polar surface area (TPSA) is 66.8 Å². The Labute approximate surface area is 141 Å². The second-order valence-corrected chi connectivity index (χ2v) is 6.68. The van der Waals surface area contributed by atoms with Crippen LogP contribution in [0.3, 0.4) is 0 Å². The van der Waals surface area contributed by atoms with Gasteiger partial charge in [0.2, 0.25) is 11.8 Å². The number of amides is 2. The monoisotopic (exact) mass is 329 g/mol. The van der Waals surface area contributed by atoms with Crippen LogP contribution in [0.25, 0.3) is 0 Å². The summed E-state index contributed by atoms with van der Waals surface area (Å²) in [6.07, 6.45) is 4.24. The molecular weight excluding hydrogens is 306 g/mol. The number of allylic oxidation sites excluding steroid dienone is 2. The normalized spacial score (nSPS) is 24.2. The molecule has 1 aliphatic carbocycles. The Kier molecular flexibility index (Phi) is 4.71. The third-order valence-electron chi connectivity index (χ3n) is 4.75. The van der Waals surface area contributed by atoms with E-state index in [-0.39, 0.29) is 36.8 Å². The molecule has 5 nitrogen and oxygen atoms in total. The minimum absolute atomic E-state index is 0.00439. The van der Waals surface area contributed by atoms with Crippen LogP contribution in [-0.4, -0.2) is 41.1 Å². The summed E-state index contributed by atoms with van der Waals surface area (Å²) in [5.74, 6) is -0.138. The van der Waals surface area contributed by atoms with E-state index in [1.165, 1.54) is 4.90 Å². The zero-order valence-corrected chi connectivity index (χ0v) is 14.1. The van der Waals surface area contributed by atoms with Gasteiger partial charge in [-0.25, -0.2) is 0 Å². The first kappa shape index (κ1) is 16.7. The molecule has 0 saturated carbocycles. The molecule has 0 aromatic heterocycles. The minimum Gasteiger partial charge on any atom is -0.491 e. The molecule has 3 rings (SSSR count). The van der Waals surface area contributed by atoms with Gasteiger partial charge >= 0.3 is 0 Å². The second kappa shape index (κ2) is 6.77. The molecule has 2 amide bonds. The van der Waals surface area contributed by atoms with Gasteiger partial charge < -0.3 is 9.84 Å². The summed E-state index contributed by atoms with van der Waals surface area (Å²) in [6, 6.07) is 5.82. The molecule has 1 fully saturated rings. The van der Waals surface area contributed by atoms with Crippen molar-refractivity contribution in [1.82, 2.24) is 4.90 Å². The molecule has 5 heteroatoms. The van der Waals surface area contributed by atoms with Gasteiger partial charge in [-0.1, -0.05) is 29.8 Å². The molecule has 0 unspecified atom stereocenters. The van der Waals surface area contributed by atoms with Gasteiger partial charge in [0.1, 0.15) is 18.5 Å². The van der Waals surface area contributed by atoms with Gasteiger partial charge in [0, 0.05) is 0 Å². The van der Waals surface area contributed by atoms with Gasteiger partial charge in [-0.2, -0.15) is 0 Å². The third-order valence-corrected chi connectivity index (χ3v) is 4.75. The highest BCUT2D eigenvalue weighted by Crippen LogP contribution is 2.35. The first-order valence-electron chi connectivity index (χ1n) is 8.35. The predicted molar refractivity (Wildman–Crippen MR) is 89.5 cm³/mol. The molecule has 1 aromatic rings. The fourth-order valence-electron chi connectivity index (χ4n) is 3.46. The zero-order valence-electron chi connectivity index (χ0n) is 14.1. The van der Waals surface area contributed by atoms with Crippen LogP contribution >= 0.6 is 0 Å². The molecule has 1 heterocycles. The number of imide groups is 1. The average Bonchev–Trinajstić information content (AvgIpc) is 2.79. The van der Waals surface area contributed by atoms with E-state index >= 15 is 0 Å². The van der Waals surface area contributed by atoms with Crippen molar-refractivity contribution in [2.45, 2.75) is 32.8 Å². The number of carbonyl (C=O) groups is 2. The number of aliphatic hydroxyl groups excluding tert-OH is 1. The van der Waals surface area contributed by atoms with Crippen molar-refractivity contribution >= 4 is 11.8 Å². The van der Waals surface area contributed by atoms with E-state index in [0.717, 1.165) is 11.1 Å². The molecule has 0 spiro atoms. The molecule has 1 N–H and O–H groups in total. The fraction of sp³-hybridized carbons (Fsp3) is 0.474. The van der Waals surface area contributed by atoms with Crippen LogP contribution in [0.4, 0.5) is 0 Å². The Hall–Kier alpha value is -2.14. The van der Waals surface area contributed by atoms with Gasteiger partial charge in [0.15, 0.2) is 0 Å². The van der Waals surface area contributed by atoms with Crippen molar-refractivity contribution in [3.8, 4) is 5.75 Å². The van der Waals surface area contributed by atoms with E-state index in [2.05, 4.69) is 0 Å². The van der Waals surface area contributed by atoms with Gasteiger partial charge in [-0.05, 0) is 38.3 Å². The summed E-state index contributed by atoms with van der Waals surface area (Å²) in [7, 11) is 0. The first-order valence-corrected chi connectivity index (χ1v) is 8.35. The summed E-state index contributed by atoms with van der Waals surface area (Å²) in [6.45, 7) is 3.99. The molecule has 3 atom stereocenters. The van der Waals surface area contributed by atoms with E-state index in [1.54, 1.807) is 0 Å². The number of hydrogen-bond donors (Lipinski definition) is 1. The fourth-order valence-corrected chi connectivity index (χ4v) is 3.46. The number of nitrogens with zero attached hydrogens (tertiary/aromatic N) is 1. The van der Waals surface area contributed by atoms with Crippen molar-refractivity contribution in [1.29, 1.82) is 0 Å². The number of aliphatic hydroxyl groups is 1. The minimum atomic E-state index is -0.897. The molecule has 24 heavy (non-hydrogen) atoms. The Morgan fingerprint density at radius 2 is 1.79 bits per heavy atom. The van der Waals surface area contributed by atoms with Crippen LogP contribution in [0, 0.1) is 25.7 Å². The Balaban J connectivity index is 1.58. The zero-order chi connectivity index (χ0) is 17.3. The number of rotatable bonds is 5. The lowest BCUT2D eigenvalue weighted by Gasteiger charge is -2.20. The second-order valence-electron chi connectivity index (χ2n) is 6.68.